The number of carbonyl (C=O) groups is 1. The van der Waals surface area contributed by atoms with E-state index in [0.717, 1.165) is 16.7 Å². The summed E-state index contributed by atoms with van der Waals surface area (Å²) in [6.07, 6.45) is 1.36. The highest BCUT2D eigenvalue weighted by molar-refractivity contribution is 5.84. The molecule has 1 amide bonds. The summed E-state index contributed by atoms with van der Waals surface area (Å²) >= 11 is 0. The van der Waals surface area contributed by atoms with Crippen molar-refractivity contribution < 1.29 is 14.6 Å². The van der Waals surface area contributed by atoms with Crippen molar-refractivity contribution in [3.8, 4) is 5.75 Å². The molecule has 2 aromatic rings. The number of hydrogen-bond acceptors (Lipinski definition) is 3. The summed E-state index contributed by atoms with van der Waals surface area (Å²) in [4.78, 5) is 11.9. The standard InChI is InChI=1S/C16H22N2O3/c1-11(2)15(19)9-17-16(20)10-18-7-6-12-8-13(21-3)4-5-14(12)18/h4-8,11,15,19H,9-10H2,1-3H3,(H,17,20). The van der Waals surface area contributed by atoms with Gasteiger partial charge in [0.15, 0.2) is 0 Å². The minimum atomic E-state index is -0.514. The molecule has 2 N–H and O–H groups in total. The van der Waals surface area contributed by atoms with Crippen molar-refractivity contribution in [1.82, 2.24) is 9.88 Å². The molecule has 0 aliphatic heterocycles. The quantitative estimate of drug-likeness (QED) is 0.852. The number of ether oxygens (including phenoxy) is 1. The van der Waals surface area contributed by atoms with Gasteiger partial charge in [-0.2, -0.15) is 0 Å². The predicted molar refractivity (Wildman–Crippen MR) is 82.3 cm³/mol. The Morgan fingerprint density at radius 3 is 2.81 bits per heavy atom. The second kappa shape index (κ2) is 6.63. The molecule has 0 spiro atoms. The van der Waals surface area contributed by atoms with E-state index in [0.29, 0.717) is 0 Å². The number of aliphatic hydroxyl groups is 1. The van der Waals surface area contributed by atoms with Crippen LogP contribution in [0.1, 0.15) is 13.8 Å². The summed E-state index contributed by atoms with van der Waals surface area (Å²) in [6.45, 7) is 4.36. The summed E-state index contributed by atoms with van der Waals surface area (Å²) in [5.41, 5.74) is 0.982. The fourth-order valence-electron chi connectivity index (χ4n) is 2.11. The number of carbonyl (C=O) groups excluding carboxylic acids is 1. The van der Waals surface area contributed by atoms with Gasteiger partial charge in [0.25, 0.3) is 0 Å². The monoisotopic (exact) mass is 290 g/mol. The third-order valence-corrected chi connectivity index (χ3v) is 3.57. The molecule has 1 aromatic carbocycles. The normalized spacial score (nSPS) is 12.6. The minimum absolute atomic E-state index is 0.108. The molecule has 1 aromatic heterocycles. The lowest BCUT2D eigenvalue weighted by Gasteiger charge is -2.15. The summed E-state index contributed by atoms with van der Waals surface area (Å²) in [6, 6.07) is 7.70. The van der Waals surface area contributed by atoms with Crippen LogP contribution in [0.3, 0.4) is 0 Å². The first-order valence-electron chi connectivity index (χ1n) is 7.09. The number of rotatable bonds is 6. The second-order valence-corrected chi connectivity index (χ2v) is 5.48. The third-order valence-electron chi connectivity index (χ3n) is 3.57. The number of nitrogens with one attached hydrogen (secondary N) is 1. The number of hydrogen-bond donors (Lipinski definition) is 2. The maximum atomic E-state index is 11.9. The number of methoxy groups -OCH3 is 1. The van der Waals surface area contributed by atoms with Gasteiger partial charge in [-0.1, -0.05) is 13.8 Å². The lowest BCUT2D eigenvalue weighted by molar-refractivity contribution is -0.122. The van der Waals surface area contributed by atoms with Crippen molar-refractivity contribution in [3.05, 3.63) is 30.5 Å². The van der Waals surface area contributed by atoms with Crippen molar-refractivity contribution in [2.24, 2.45) is 5.92 Å². The van der Waals surface area contributed by atoms with Gasteiger partial charge >= 0.3 is 0 Å². The zero-order valence-electron chi connectivity index (χ0n) is 12.7. The van der Waals surface area contributed by atoms with Gasteiger partial charge in [-0.25, -0.2) is 0 Å². The summed E-state index contributed by atoms with van der Waals surface area (Å²) in [7, 11) is 1.63. The van der Waals surface area contributed by atoms with Crippen LogP contribution < -0.4 is 10.1 Å². The van der Waals surface area contributed by atoms with Crippen LogP contribution in [-0.2, 0) is 11.3 Å². The van der Waals surface area contributed by atoms with Crippen molar-refractivity contribution >= 4 is 16.8 Å². The fraction of sp³-hybridized carbons (Fsp3) is 0.438. The molecule has 5 heteroatoms. The topological polar surface area (TPSA) is 63.5 Å². The van der Waals surface area contributed by atoms with Gasteiger partial charge in [0.05, 0.1) is 13.2 Å². The Hall–Kier alpha value is -2.01. The van der Waals surface area contributed by atoms with E-state index in [1.807, 2.05) is 48.9 Å². The Bertz CT molecular complexity index is 619. The Balaban J connectivity index is 2.01. The third kappa shape index (κ3) is 3.76. The molecular weight excluding hydrogens is 268 g/mol. The van der Waals surface area contributed by atoms with Crippen LogP contribution >= 0.6 is 0 Å². The molecule has 21 heavy (non-hydrogen) atoms. The smallest absolute Gasteiger partial charge is 0.240 e. The number of benzene rings is 1. The van der Waals surface area contributed by atoms with E-state index >= 15 is 0 Å². The van der Waals surface area contributed by atoms with Crippen molar-refractivity contribution in [2.45, 2.75) is 26.5 Å². The molecule has 0 bridgehead atoms. The molecule has 1 unspecified atom stereocenters. The Labute approximate surface area is 124 Å². The van der Waals surface area contributed by atoms with Gasteiger partial charge < -0.3 is 19.7 Å². The van der Waals surface area contributed by atoms with Gasteiger partial charge in [0, 0.05) is 23.6 Å². The Morgan fingerprint density at radius 1 is 1.38 bits per heavy atom. The van der Waals surface area contributed by atoms with Crippen LogP contribution in [0.5, 0.6) is 5.75 Å². The maximum absolute atomic E-state index is 11.9. The molecule has 5 nitrogen and oxygen atoms in total. The van der Waals surface area contributed by atoms with E-state index in [1.54, 1.807) is 7.11 Å². The summed E-state index contributed by atoms with van der Waals surface area (Å²) in [5.74, 6) is 0.818. The molecule has 114 valence electrons. The maximum Gasteiger partial charge on any atom is 0.240 e. The van der Waals surface area contributed by atoms with Crippen molar-refractivity contribution in [3.63, 3.8) is 0 Å². The fourth-order valence-corrected chi connectivity index (χ4v) is 2.11. The Kier molecular flexibility index (Phi) is 4.85. The van der Waals surface area contributed by atoms with Crippen LogP contribution in [0.15, 0.2) is 30.5 Å². The zero-order valence-corrected chi connectivity index (χ0v) is 12.7. The first-order chi connectivity index (χ1) is 10.0. The molecule has 0 saturated carbocycles. The second-order valence-electron chi connectivity index (χ2n) is 5.48. The molecular formula is C16H22N2O3. The average Bonchev–Trinajstić information content (AvgIpc) is 2.86. The molecule has 2 rings (SSSR count). The molecule has 0 fully saturated rings. The van der Waals surface area contributed by atoms with Crippen LogP contribution in [0.4, 0.5) is 0 Å². The first kappa shape index (κ1) is 15.4. The predicted octanol–water partition coefficient (Wildman–Crippen LogP) is 1.78. The lowest BCUT2D eigenvalue weighted by Crippen LogP contribution is -2.36. The van der Waals surface area contributed by atoms with Crippen molar-refractivity contribution in [2.75, 3.05) is 13.7 Å². The molecule has 0 saturated heterocycles. The first-order valence-corrected chi connectivity index (χ1v) is 7.09. The Morgan fingerprint density at radius 2 is 2.14 bits per heavy atom. The number of fused-ring (bicyclic) bond motifs is 1. The van der Waals surface area contributed by atoms with Gasteiger partial charge in [0.2, 0.25) is 5.91 Å². The molecule has 0 radical (unpaired) electrons. The van der Waals surface area contributed by atoms with E-state index in [9.17, 15) is 9.90 Å². The number of amides is 1. The summed E-state index contributed by atoms with van der Waals surface area (Å²) in [5, 5.41) is 13.5. The minimum Gasteiger partial charge on any atom is -0.497 e. The van der Waals surface area contributed by atoms with E-state index in [2.05, 4.69) is 5.32 Å². The lowest BCUT2D eigenvalue weighted by atomic mass is 10.1. The highest BCUT2D eigenvalue weighted by atomic mass is 16.5. The molecule has 1 atom stereocenters. The molecule has 0 aliphatic rings. The average molecular weight is 290 g/mol. The highest BCUT2D eigenvalue weighted by Crippen LogP contribution is 2.21. The molecule has 1 heterocycles. The van der Waals surface area contributed by atoms with E-state index in [4.69, 9.17) is 4.74 Å². The van der Waals surface area contributed by atoms with E-state index in [-0.39, 0.29) is 24.9 Å². The van der Waals surface area contributed by atoms with Crippen LogP contribution in [0.2, 0.25) is 0 Å². The van der Waals surface area contributed by atoms with Crippen LogP contribution in [-0.4, -0.2) is 35.3 Å². The zero-order chi connectivity index (χ0) is 15.4. The van der Waals surface area contributed by atoms with Gasteiger partial charge in [-0.15, -0.1) is 0 Å². The van der Waals surface area contributed by atoms with Crippen LogP contribution in [0.25, 0.3) is 10.9 Å². The van der Waals surface area contributed by atoms with Gasteiger partial charge in [-0.05, 0) is 30.2 Å². The molecule has 0 aliphatic carbocycles. The SMILES string of the molecule is COc1ccc2c(ccn2CC(=O)NCC(O)C(C)C)c1. The highest BCUT2D eigenvalue weighted by Gasteiger charge is 2.11. The summed E-state index contributed by atoms with van der Waals surface area (Å²) < 4.78 is 7.06. The largest absolute Gasteiger partial charge is 0.497 e. The van der Waals surface area contributed by atoms with Gasteiger partial charge in [0.1, 0.15) is 12.3 Å². The van der Waals surface area contributed by atoms with Crippen LogP contribution in [0, 0.1) is 5.92 Å². The number of aromatic nitrogens is 1. The number of aliphatic hydroxyl groups excluding tert-OH is 1. The number of nitrogens with zero attached hydrogens (tertiary/aromatic N) is 1. The van der Waals surface area contributed by atoms with Crippen molar-refractivity contribution in [1.29, 1.82) is 0 Å². The van der Waals surface area contributed by atoms with E-state index in [1.165, 1.54) is 0 Å². The van der Waals surface area contributed by atoms with E-state index < -0.39 is 6.10 Å². The van der Waals surface area contributed by atoms with Gasteiger partial charge in [-0.3, -0.25) is 4.79 Å².